The highest BCUT2D eigenvalue weighted by molar-refractivity contribution is 6.33. The first-order chi connectivity index (χ1) is 13.1. The molecule has 1 amide bonds. The van der Waals surface area contributed by atoms with Crippen molar-refractivity contribution in [3.05, 3.63) is 22.2 Å². The summed E-state index contributed by atoms with van der Waals surface area (Å²) in [5.41, 5.74) is 7.98. The molecule has 0 spiro atoms. The van der Waals surface area contributed by atoms with Crippen molar-refractivity contribution in [3.8, 4) is 5.75 Å². The van der Waals surface area contributed by atoms with Gasteiger partial charge in [-0.05, 0) is 44.6 Å². The molecule has 3 aliphatic heterocycles. The summed E-state index contributed by atoms with van der Waals surface area (Å²) >= 11 is 6.26. The number of hydrogen-bond acceptors (Lipinski definition) is 5. The summed E-state index contributed by atoms with van der Waals surface area (Å²) in [4.78, 5) is 15.3. The van der Waals surface area contributed by atoms with Gasteiger partial charge in [-0.3, -0.25) is 4.79 Å². The zero-order valence-electron chi connectivity index (χ0n) is 15.6. The smallest absolute Gasteiger partial charge is 0.255 e. The quantitative estimate of drug-likeness (QED) is 0.769. The van der Waals surface area contributed by atoms with Gasteiger partial charge in [-0.25, -0.2) is 0 Å². The van der Waals surface area contributed by atoms with E-state index in [4.69, 9.17) is 26.8 Å². The van der Waals surface area contributed by atoms with Crippen LogP contribution in [0.3, 0.4) is 0 Å². The van der Waals surface area contributed by atoms with E-state index in [0.29, 0.717) is 34.7 Å². The van der Waals surface area contributed by atoms with Crippen LogP contribution >= 0.6 is 11.6 Å². The number of halogens is 1. The Bertz CT molecular complexity index is 698. The SMILES string of the molecule is Nc1c(Cl)cc(C(=O)NC2CCN(CC3CCCO3)CC2)c2c1CCCO2. The summed E-state index contributed by atoms with van der Waals surface area (Å²) in [6.45, 7) is 4.49. The van der Waals surface area contributed by atoms with Crippen LogP contribution in [0.5, 0.6) is 5.75 Å². The fourth-order valence-electron chi connectivity index (χ4n) is 4.30. The average Bonchev–Trinajstić information content (AvgIpc) is 3.19. The Balaban J connectivity index is 1.37. The molecule has 3 heterocycles. The maximum atomic E-state index is 12.9. The third-order valence-electron chi connectivity index (χ3n) is 5.84. The number of piperidine rings is 1. The Labute approximate surface area is 165 Å². The van der Waals surface area contributed by atoms with Crippen molar-refractivity contribution in [2.75, 3.05) is 38.6 Å². The van der Waals surface area contributed by atoms with Gasteiger partial charge in [0.25, 0.3) is 5.91 Å². The minimum Gasteiger partial charge on any atom is -0.492 e. The number of benzene rings is 1. The molecule has 0 bridgehead atoms. The van der Waals surface area contributed by atoms with Crippen LogP contribution in [-0.2, 0) is 11.2 Å². The Hall–Kier alpha value is -1.50. The van der Waals surface area contributed by atoms with Crippen LogP contribution in [-0.4, -0.2) is 55.8 Å². The molecule has 3 aliphatic rings. The van der Waals surface area contributed by atoms with E-state index in [1.54, 1.807) is 6.07 Å². The summed E-state index contributed by atoms with van der Waals surface area (Å²) in [6.07, 6.45) is 6.31. The fourth-order valence-corrected chi connectivity index (χ4v) is 4.53. The first kappa shape index (κ1) is 18.8. The first-order valence-electron chi connectivity index (χ1n) is 10.0. The van der Waals surface area contributed by atoms with Gasteiger partial charge in [0.05, 0.1) is 29.0 Å². The lowest BCUT2D eigenvalue weighted by Crippen LogP contribution is -2.46. The number of nitrogen functional groups attached to an aromatic ring is 1. The maximum Gasteiger partial charge on any atom is 0.255 e. The van der Waals surface area contributed by atoms with Crippen molar-refractivity contribution < 1.29 is 14.3 Å². The lowest BCUT2D eigenvalue weighted by Gasteiger charge is -2.33. The molecule has 4 rings (SSSR count). The summed E-state index contributed by atoms with van der Waals surface area (Å²) in [5.74, 6) is 0.490. The molecule has 0 saturated carbocycles. The van der Waals surface area contributed by atoms with Crippen molar-refractivity contribution in [1.82, 2.24) is 10.2 Å². The van der Waals surface area contributed by atoms with E-state index in [0.717, 1.165) is 57.5 Å². The number of hydrogen-bond donors (Lipinski definition) is 2. The number of carbonyl (C=O) groups is 1. The van der Waals surface area contributed by atoms with Crippen molar-refractivity contribution in [3.63, 3.8) is 0 Å². The molecular weight excluding hydrogens is 366 g/mol. The molecular formula is C20H28ClN3O3. The third-order valence-corrected chi connectivity index (χ3v) is 6.16. The van der Waals surface area contributed by atoms with Crippen LogP contribution < -0.4 is 15.8 Å². The van der Waals surface area contributed by atoms with Crippen molar-refractivity contribution in [2.45, 2.75) is 50.7 Å². The van der Waals surface area contributed by atoms with Crippen LogP contribution in [0, 0.1) is 0 Å². The number of carbonyl (C=O) groups excluding carboxylic acids is 1. The number of nitrogens with zero attached hydrogens (tertiary/aromatic N) is 1. The topological polar surface area (TPSA) is 76.8 Å². The highest BCUT2D eigenvalue weighted by Crippen LogP contribution is 2.38. The molecule has 1 atom stereocenters. The molecule has 7 heteroatoms. The standard InChI is InChI=1S/C20H28ClN3O3/c21-17-11-16(19-15(18(17)22)4-2-10-27-19)20(25)23-13-5-7-24(8-6-13)12-14-3-1-9-26-14/h11,13-14H,1-10,12,22H2,(H,23,25). The van der Waals surface area contributed by atoms with E-state index in [1.807, 2.05) is 0 Å². The Morgan fingerprint density at radius 1 is 1.26 bits per heavy atom. The second-order valence-electron chi connectivity index (χ2n) is 7.76. The van der Waals surface area contributed by atoms with Crippen LogP contribution in [0.25, 0.3) is 0 Å². The summed E-state index contributed by atoms with van der Waals surface area (Å²) in [7, 11) is 0. The predicted molar refractivity (Wildman–Crippen MR) is 106 cm³/mol. The number of nitrogens with one attached hydrogen (secondary N) is 1. The minimum atomic E-state index is -0.118. The maximum absolute atomic E-state index is 12.9. The fraction of sp³-hybridized carbons (Fsp3) is 0.650. The van der Waals surface area contributed by atoms with E-state index in [1.165, 1.54) is 12.8 Å². The number of anilines is 1. The molecule has 6 nitrogen and oxygen atoms in total. The second kappa shape index (κ2) is 8.25. The van der Waals surface area contributed by atoms with E-state index < -0.39 is 0 Å². The van der Waals surface area contributed by atoms with Gasteiger partial charge in [0.15, 0.2) is 0 Å². The Kier molecular flexibility index (Phi) is 5.76. The van der Waals surface area contributed by atoms with Crippen molar-refractivity contribution >= 4 is 23.2 Å². The number of fused-ring (bicyclic) bond motifs is 1. The molecule has 1 aromatic rings. The van der Waals surface area contributed by atoms with Crippen LogP contribution in [0.1, 0.15) is 48.0 Å². The average molecular weight is 394 g/mol. The highest BCUT2D eigenvalue weighted by atomic mass is 35.5. The molecule has 148 valence electrons. The zero-order chi connectivity index (χ0) is 18.8. The largest absolute Gasteiger partial charge is 0.492 e. The van der Waals surface area contributed by atoms with Gasteiger partial charge in [-0.15, -0.1) is 0 Å². The number of likely N-dealkylation sites (tertiary alicyclic amines) is 1. The lowest BCUT2D eigenvalue weighted by molar-refractivity contribution is 0.0612. The van der Waals surface area contributed by atoms with Crippen LogP contribution in [0.2, 0.25) is 5.02 Å². The number of ether oxygens (including phenoxy) is 2. The molecule has 0 aromatic heterocycles. The van der Waals surface area contributed by atoms with Gasteiger partial charge >= 0.3 is 0 Å². The predicted octanol–water partition coefficient (Wildman–Crippen LogP) is 2.62. The van der Waals surface area contributed by atoms with Crippen LogP contribution in [0.15, 0.2) is 6.07 Å². The number of rotatable bonds is 4. The molecule has 1 aromatic carbocycles. The molecule has 1 unspecified atom stereocenters. The summed E-state index contributed by atoms with van der Waals surface area (Å²) in [6, 6.07) is 1.82. The van der Waals surface area contributed by atoms with Gasteiger partial charge in [-0.2, -0.15) is 0 Å². The van der Waals surface area contributed by atoms with Gasteiger partial charge in [0.1, 0.15) is 5.75 Å². The summed E-state index contributed by atoms with van der Waals surface area (Å²) < 4.78 is 11.5. The monoisotopic (exact) mass is 393 g/mol. The Morgan fingerprint density at radius 2 is 2.07 bits per heavy atom. The lowest BCUT2D eigenvalue weighted by atomic mass is 9.98. The van der Waals surface area contributed by atoms with Gasteiger partial charge in [0, 0.05) is 37.8 Å². The zero-order valence-corrected chi connectivity index (χ0v) is 16.4. The normalized spacial score (nSPS) is 23.7. The summed E-state index contributed by atoms with van der Waals surface area (Å²) in [5, 5.41) is 3.60. The van der Waals surface area contributed by atoms with Gasteiger partial charge in [0.2, 0.25) is 0 Å². The molecule has 27 heavy (non-hydrogen) atoms. The van der Waals surface area contributed by atoms with E-state index >= 15 is 0 Å². The van der Waals surface area contributed by atoms with Gasteiger partial charge < -0.3 is 25.4 Å². The highest BCUT2D eigenvalue weighted by Gasteiger charge is 2.28. The van der Waals surface area contributed by atoms with Crippen molar-refractivity contribution in [1.29, 1.82) is 0 Å². The van der Waals surface area contributed by atoms with Crippen molar-refractivity contribution in [2.24, 2.45) is 0 Å². The van der Waals surface area contributed by atoms with E-state index in [9.17, 15) is 4.79 Å². The first-order valence-corrected chi connectivity index (χ1v) is 10.4. The molecule has 2 saturated heterocycles. The number of nitrogens with two attached hydrogens (primary N) is 1. The second-order valence-corrected chi connectivity index (χ2v) is 8.17. The molecule has 2 fully saturated rings. The molecule has 3 N–H and O–H groups in total. The molecule has 0 radical (unpaired) electrons. The third kappa shape index (κ3) is 4.18. The van der Waals surface area contributed by atoms with E-state index in [2.05, 4.69) is 10.2 Å². The molecule has 0 aliphatic carbocycles. The Morgan fingerprint density at radius 3 is 2.81 bits per heavy atom. The minimum absolute atomic E-state index is 0.118. The number of amides is 1. The van der Waals surface area contributed by atoms with E-state index in [-0.39, 0.29) is 11.9 Å². The van der Waals surface area contributed by atoms with Crippen LogP contribution in [0.4, 0.5) is 5.69 Å². The van der Waals surface area contributed by atoms with Gasteiger partial charge in [-0.1, -0.05) is 11.6 Å².